The third-order valence-electron chi connectivity index (χ3n) is 2.80. The van der Waals surface area contributed by atoms with Crippen molar-refractivity contribution < 1.29 is 13.2 Å². The SMILES string of the molecule is Nc1c(Nc2cc(F)c(F)c(F)c2)ccc2scnc12. The summed E-state index contributed by atoms with van der Waals surface area (Å²) in [5.74, 6) is -4.03. The maximum atomic E-state index is 13.1. The molecule has 0 atom stereocenters. The lowest BCUT2D eigenvalue weighted by Gasteiger charge is -2.10. The standard InChI is InChI=1S/C13H8F3N3S/c14-7-3-6(4-8(15)11(7)16)19-9-1-2-10-13(12(9)17)18-5-20-10/h1-5,19H,17H2. The number of nitrogens with one attached hydrogen (secondary N) is 1. The minimum absolute atomic E-state index is 0.0719. The van der Waals surface area contributed by atoms with Gasteiger partial charge >= 0.3 is 0 Å². The highest BCUT2D eigenvalue weighted by Crippen LogP contribution is 2.32. The molecule has 3 aromatic rings. The number of nitrogens with zero attached hydrogens (tertiary/aromatic N) is 1. The fraction of sp³-hybridized carbons (Fsp3) is 0. The van der Waals surface area contributed by atoms with Crippen molar-refractivity contribution in [1.29, 1.82) is 0 Å². The van der Waals surface area contributed by atoms with Crippen molar-refractivity contribution >= 4 is 38.6 Å². The van der Waals surface area contributed by atoms with E-state index in [0.717, 1.165) is 16.8 Å². The Morgan fingerprint density at radius 3 is 2.50 bits per heavy atom. The number of fused-ring (bicyclic) bond motifs is 1. The smallest absolute Gasteiger partial charge is 0.194 e. The van der Waals surface area contributed by atoms with Crippen LogP contribution in [-0.4, -0.2) is 4.98 Å². The van der Waals surface area contributed by atoms with Crippen LogP contribution in [0.4, 0.5) is 30.2 Å². The van der Waals surface area contributed by atoms with E-state index < -0.39 is 17.5 Å². The predicted molar refractivity (Wildman–Crippen MR) is 73.6 cm³/mol. The van der Waals surface area contributed by atoms with Crippen LogP contribution in [0.1, 0.15) is 0 Å². The molecule has 0 fully saturated rings. The Bertz CT molecular complexity index is 778. The first-order valence-corrected chi connectivity index (χ1v) is 6.47. The molecule has 20 heavy (non-hydrogen) atoms. The molecule has 1 heterocycles. The third kappa shape index (κ3) is 2.05. The molecule has 0 spiro atoms. The van der Waals surface area contributed by atoms with Crippen molar-refractivity contribution in [1.82, 2.24) is 4.98 Å². The average Bonchev–Trinajstić information content (AvgIpc) is 2.88. The van der Waals surface area contributed by atoms with E-state index >= 15 is 0 Å². The molecule has 7 heteroatoms. The van der Waals surface area contributed by atoms with Crippen LogP contribution in [0, 0.1) is 17.5 Å². The van der Waals surface area contributed by atoms with Crippen LogP contribution >= 0.6 is 11.3 Å². The molecule has 0 aliphatic carbocycles. The Hall–Kier alpha value is -2.28. The van der Waals surface area contributed by atoms with E-state index in [0.29, 0.717) is 16.9 Å². The van der Waals surface area contributed by atoms with Crippen LogP contribution in [0.2, 0.25) is 0 Å². The molecular weight excluding hydrogens is 287 g/mol. The lowest BCUT2D eigenvalue weighted by Crippen LogP contribution is -1.99. The van der Waals surface area contributed by atoms with Crippen LogP contribution in [0.15, 0.2) is 29.8 Å². The first-order chi connectivity index (χ1) is 9.56. The largest absolute Gasteiger partial charge is 0.395 e. The van der Waals surface area contributed by atoms with Crippen molar-refractivity contribution in [3.05, 3.63) is 47.2 Å². The zero-order valence-electron chi connectivity index (χ0n) is 9.95. The summed E-state index contributed by atoms with van der Waals surface area (Å²) in [4.78, 5) is 4.12. The van der Waals surface area contributed by atoms with Gasteiger partial charge in [0.05, 0.1) is 21.6 Å². The molecule has 0 aliphatic heterocycles. The molecular formula is C13H8F3N3S. The molecule has 3 nitrogen and oxygen atoms in total. The Labute approximate surface area is 115 Å². The average molecular weight is 295 g/mol. The summed E-state index contributed by atoms with van der Waals surface area (Å²) >= 11 is 1.43. The number of hydrogen-bond acceptors (Lipinski definition) is 4. The Balaban J connectivity index is 2.03. The van der Waals surface area contributed by atoms with Crippen LogP contribution in [0.25, 0.3) is 10.2 Å². The molecule has 1 aromatic heterocycles. The van der Waals surface area contributed by atoms with Crippen LogP contribution < -0.4 is 11.1 Å². The van der Waals surface area contributed by atoms with Crippen molar-refractivity contribution in [2.75, 3.05) is 11.1 Å². The molecule has 0 unspecified atom stereocenters. The van der Waals surface area contributed by atoms with Crippen molar-refractivity contribution in [2.24, 2.45) is 0 Å². The molecule has 0 amide bonds. The van der Waals surface area contributed by atoms with Gasteiger partial charge in [-0.1, -0.05) is 0 Å². The summed E-state index contributed by atoms with van der Waals surface area (Å²) in [5, 5.41) is 2.76. The first kappa shape index (κ1) is 12.7. The summed E-state index contributed by atoms with van der Waals surface area (Å²) in [6.07, 6.45) is 0. The molecule has 3 N–H and O–H groups in total. The highest BCUT2D eigenvalue weighted by molar-refractivity contribution is 7.16. The molecule has 0 bridgehead atoms. The molecule has 0 aliphatic rings. The number of halogens is 3. The van der Waals surface area contributed by atoms with Crippen molar-refractivity contribution in [3.63, 3.8) is 0 Å². The van der Waals surface area contributed by atoms with Crippen LogP contribution in [-0.2, 0) is 0 Å². The maximum absolute atomic E-state index is 13.1. The van der Waals surface area contributed by atoms with E-state index in [1.165, 1.54) is 11.3 Å². The summed E-state index contributed by atoms with van der Waals surface area (Å²) in [6, 6.07) is 5.20. The Kier molecular flexibility index (Phi) is 2.98. The second-order valence-corrected chi connectivity index (χ2v) is 4.99. The minimum Gasteiger partial charge on any atom is -0.395 e. The number of thiazole rings is 1. The zero-order chi connectivity index (χ0) is 14.3. The van der Waals surface area contributed by atoms with E-state index in [1.54, 1.807) is 17.6 Å². The molecule has 0 saturated heterocycles. The third-order valence-corrected chi connectivity index (χ3v) is 3.60. The number of benzene rings is 2. The summed E-state index contributed by atoms with van der Waals surface area (Å²) in [6.45, 7) is 0. The summed E-state index contributed by atoms with van der Waals surface area (Å²) < 4.78 is 40.1. The lowest BCUT2D eigenvalue weighted by molar-refractivity contribution is 0.448. The van der Waals surface area contributed by atoms with E-state index in [2.05, 4.69) is 10.3 Å². The molecule has 2 aromatic carbocycles. The Morgan fingerprint density at radius 2 is 1.80 bits per heavy atom. The fourth-order valence-corrected chi connectivity index (χ4v) is 2.54. The Morgan fingerprint density at radius 1 is 1.10 bits per heavy atom. The van der Waals surface area contributed by atoms with E-state index in [9.17, 15) is 13.2 Å². The van der Waals surface area contributed by atoms with Gasteiger partial charge in [0, 0.05) is 17.8 Å². The number of nitrogen functional groups attached to an aromatic ring is 1. The molecule has 0 radical (unpaired) electrons. The maximum Gasteiger partial charge on any atom is 0.194 e. The number of anilines is 3. The second kappa shape index (κ2) is 4.68. The van der Waals surface area contributed by atoms with E-state index in [-0.39, 0.29) is 5.69 Å². The first-order valence-electron chi connectivity index (χ1n) is 5.59. The van der Waals surface area contributed by atoms with Crippen molar-refractivity contribution in [3.8, 4) is 0 Å². The number of hydrogen-bond donors (Lipinski definition) is 2. The number of nitrogens with two attached hydrogens (primary N) is 1. The molecule has 3 rings (SSSR count). The van der Waals surface area contributed by atoms with Gasteiger partial charge < -0.3 is 11.1 Å². The quantitative estimate of drug-likeness (QED) is 0.554. The summed E-state index contributed by atoms with van der Waals surface area (Å²) in [5.41, 5.74) is 9.10. The summed E-state index contributed by atoms with van der Waals surface area (Å²) in [7, 11) is 0. The van der Waals surface area contributed by atoms with Gasteiger partial charge in [0.15, 0.2) is 17.5 Å². The van der Waals surface area contributed by atoms with Gasteiger partial charge in [-0.3, -0.25) is 0 Å². The van der Waals surface area contributed by atoms with Crippen LogP contribution in [0.5, 0.6) is 0 Å². The fourth-order valence-electron chi connectivity index (χ4n) is 1.84. The van der Waals surface area contributed by atoms with Gasteiger partial charge in [-0.2, -0.15) is 0 Å². The second-order valence-electron chi connectivity index (χ2n) is 4.10. The number of rotatable bonds is 2. The number of aromatic nitrogens is 1. The minimum atomic E-state index is -1.50. The van der Waals surface area contributed by atoms with Gasteiger partial charge in [-0.15, -0.1) is 11.3 Å². The van der Waals surface area contributed by atoms with Gasteiger partial charge in [-0.05, 0) is 12.1 Å². The normalized spacial score (nSPS) is 10.9. The highest BCUT2D eigenvalue weighted by Gasteiger charge is 2.12. The van der Waals surface area contributed by atoms with Crippen molar-refractivity contribution in [2.45, 2.75) is 0 Å². The van der Waals surface area contributed by atoms with Gasteiger partial charge in [0.1, 0.15) is 5.52 Å². The van der Waals surface area contributed by atoms with Gasteiger partial charge in [-0.25, -0.2) is 18.2 Å². The van der Waals surface area contributed by atoms with E-state index in [4.69, 9.17) is 5.73 Å². The molecule has 102 valence electrons. The molecule has 0 saturated carbocycles. The highest BCUT2D eigenvalue weighted by atomic mass is 32.1. The monoisotopic (exact) mass is 295 g/mol. The zero-order valence-corrected chi connectivity index (χ0v) is 10.8. The van der Waals surface area contributed by atoms with E-state index in [1.807, 2.05) is 0 Å². The predicted octanol–water partition coefficient (Wildman–Crippen LogP) is 4.04. The lowest BCUT2D eigenvalue weighted by atomic mass is 10.2. The topological polar surface area (TPSA) is 50.9 Å². The van der Waals surface area contributed by atoms with Gasteiger partial charge in [0.25, 0.3) is 0 Å². The van der Waals surface area contributed by atoms with Gasteiger partial charge in [0.2, 0.25) is 0 Å². The van der Waals surface area contributed by atoms with Crippen LogP contribution in [0.3, 0.4) is 0 Å².